The molecule has 2 aliphatic rings. The predicted molar refractivity (Wildman–Crippen MR) is 97.8 cm³/mol. The van der Waals surface area contributed by atoms with Gasteiger partial charge in [0.2, 0.25) is 0 Å². The Morgan fingerprint density at radius 1 is 1.38 bits per heavy atom. The Hall–Kier alpha value is -1.56. The number of hydrogen-bond donors (Lipinski definition) is 2. The van der Waals surface area contributed by atoms with Gasteiger partial charge >= 0.3 is 0 Å². The van der Waals surface area contributed by atoms with E-state index in [0.717, 1.165) is 12.6 Å². The van der Waals surface area contributed by atoms with Crippen molar-refractivity contribution in [1.29, 1.82) is 0 Å². The van der Waals surface area contributed by atoms with E-state index in [2.05, 4.69) is 47.1 Å². The average molecular weight is 332 g/mol. The minimum Gasteiger partial charge on any atom is -0.370 e. The highest BCUT2D eigenvalue weighted by Crippen LogP contribution is 2.42. The topological polar surface area (TPSA) is 71.5 Å². The first-order chi connectivity index (χ1) is 11.3. The molecule has 134 valence electrons. The molecule has 1 aromatic rings. The number of hydrogen-bond acceptors (Lipinski definition) is 3. The minimum atomic E-state index is -0.0539. The summed E-state index contributed by atoms with van der Waals surface area (Å²) in [6.45, 7) is 8.26. The van der Waals surface area contributed by atoms with E-state index in [9.17, 15) is 0 Å². The second-order valence-electron chi connectivity index (χ2n) is 8.30. The Balaban J connectivity index is 1.76. The summed E-state index contributed by atoms with van der Waals surface area (Å²) in [6.07, 6.45) is 7.02. The number of aliphatic imine (C=N–C) groups is 1. The highest BCUT2D eigenvalue weighted by Gasteiger charge is 2.41. The average Bonchev–Trinajstić information content (AvgIpc) is 3.25. The third-order valence-electron chi connectivity index (χ3n) is 4.97. The first-order valence-electron chi connectivity index (χ1n) is 9.17. The van der Waals surface area contributed by atoms with Crippen LogP contribution < -0.4 is 11.1 Å². The van der Waals surface area contributed by atoms with Gasteiger partial charge in [0.05, 0.1) is 11.7 Å². The molecule has 1 aliphatic heterocycles. The lowest BCUT2D eigenvalue weighted by molar-refractivity contribution is 0.0824. The van der Waals surface area contributed by atoms with Crippen LogP contribution in [0.3, 0.4) is 0 Å². The molecule has 0 unspecified atom stereocenters. The summed E-state index contributed by atoms with van der Waals surface area (Å²) < 4.78 is 2.03. The van der Waals surface area contributed by atoms with Gasteiger partial charge in [-0.3, -0.25) is 14.6 Å². The Labute approximate surface area is 145 Å². The number of piperidine rings is 1. The van der Waals surface area contributed by atoms with E-state index < -0.39 is 0 Å². The van der Waals surface area contributed by atoms with E-state index in [-0.39, 0.29) is 5.54 Å². The molecule has 1 aliphatic carbocycles. The second-order valence-corrected chi connectivity index (χ2v) is 8.30. The Morgan fingerprint density at radius 2 is 2.12 bits per heavy atom. The number of nitrogens with two attached hydrogens (primary N) is 1. The molecule has 1 saturated heterocycles. The third kappa shape index (κ3) is 4.09. The molecule has 0 radical (unpaired) electrons. The number of nitrogens with zero attached hydrogens (tertiary/aromatic N) is 4. The van der Waals surface area contributed by atoms with Crippen LogP contribution in [0.1, 0.15) is 58.2 Å². The van der Waals surface area contributed by atoms with Crippen molar-refractivity contribution in [1.82, 2.24) is 20.0 Å². The summed E-state index contributed by atoms with van der Waals surface area (Å²) >= 11 is 0. The zero-order chi connectivity index (χ0) is 17.3. The molecule has 6 heteroatoms. The van der Waals surface area contributed by atoms with Gasteiger partial charge in [0.25, 0.3) is 0 Å². The van der Waals surface area contributed by atoms with E-state index in [1.807, 2.05) is 17.9 Å². The Bertz CT molecular complexity index is 581. The van der Waals surface area contributed by atoms with Crippen molar-refractivity contribution in [3.05, 3.63) is 18.0 Å². The van der Waals surface area contributed by atoms with Crippen LogP contribution in [0, 0.1) is 5.92 Å². The fraction of sp³-hybridized carbons (Fsp3) is 0.778. The van der Waals surface area contributed by atoms with E-state index in [1.54, 1.807) is 0 Å². The normalized spacial score (nSPS) is 26.6. The smallest absolute Gasteiger partial charge is 0.188 e. The Morgan fingerprint density at radius 3 is 2.71 bits per heavy atom. The summed E-state index contributed by atoms with van der Waals surface area (Å²) in [5, 5.41) is 7.66. The van der Waals surface area contributed by atoms with Gasteiger partial charge in [-0.1, -0.05) is 0 Å². The number of aryl methyl sites for hydroxylation is 1. The molecule has 1 saturated carbocycles. The number of likely N-dealkylation sites (tertiary alicyclic amines) is 1. The van der Waals surface area contributed by atoms with E-state index in [4.69, 9.17) is 5.73 Å². The van der Waals surface area contributed by atoms with Gasteiger partial charge in [0, 0.05) is 31.4 Å². The SMILES string of the molecule is Cn1nccc1[C@H]1[C@H](CN=C(N)NC(C)(C)C)CCCN1C1CC1. The highest BCUT2D eigenvalue weighted by atomic mass is 15.3. The van der Waals surface area contributed by atoms with Crippen molar-refractivity contribution in [2.45, 2.75) is 64.1 Å². The first-order valence-corrected chi connectivity index (χ1v) is 9.17. The molecule has 6 nitrogen and oxygen atoms in total. The van der Waals surface area contributed by atoms with Gasteiger partial charge < -0.3 is 11.1 Å². The van der Waals surface area contributed by atoms with Gasteiger partial charge in [0.1, 0.15) is 0 Å². The molecular formula is C18H32N6. The molecule has 24 heavy (non-hydrogen) atoms. The fourth-order valence-electron chi connectivity index (χ4n) is 3.84. The highest BCUT2D eigenvalue weighted by molar-refractivity contribution is 5.78. The lowest BCUT2D eigenvalue weighted by Crippen LogP contribution is -2.46. The maximum Gasteiger partial charge on any atom is 0.188 e. The number of nitrogens with one attached hydrogen (secondary N) is 1. The van der Waals surface area contributed by atoms with Crippen LogP contribution in [-0.4, -0.2) is 45.3 Å². The monoisotopic (exact) mass is 332 g/mol. The van der Waals surface area contributed by atoms with Crippen molar-refractivity contribution in [2.75, 3.05) is 13.1 Å². The van der Waals surface area contributed by atoms with Crippen molar-refractivity contribution in [3.63, 3.8) is 0 Å². The van der Waals surface area contributed by atoms with Crippen LogP contribution in [0.15, 0.2) is 17.3 Å². The lowest BCUT2D eigenvalue weighted by atomic mass is 9.86. The van der Waals surface area contributed by atoms with Gasteiger partial charge in [0.15, 0.2) is 5.96 Å². The van der Waals surface area contributed by atoms with Crippen LogP contribution in [-0.2, 0) is 7.05 Å². The van der Waals surface area contributed by atoms with Crippen LogP contribution in [0.5, 0.6) is 0 Å². The van der Waals surface area contributed by atoms with E-state index >= 15 is 0 Å². The van der Waals surface area contributed by atoms with Crippen molar-refractivity contribution in [3.8, 4) is 0 Å². The van der Waals surface area contributed by atoms with Crippen LogP contribution in [0.25, 0.3) is 0 Å². The number of guanidine groups is 1. The van der Waals surface area contributed by atoms with Gasteiger partial charge in [-0.25, -0.2) is 0 Å². The van der Waals surface area contributed by atoms with E-state index in [1.165, 1.54) is 37.9 Å². The predicted octanol–water partition coefficient (Wildman–Crippen LogP) is 2.04. The molecule has 3 N–H and O–H groups in total. The zero-order valence-electron chi connectivity index (χ0n) is 15.5. The minimum absolute atomic E-state index is 0.0539. The fourth-order valence-corrected chi connectivity index (χ4v) is 3.84. The molecule has 0 bridgehead atoms. The van der Waals surface area contributed by atoms with Crippen molar-refractivity contribution < 1.29 is 0 Å². The molecule has 0 aromatic carbocycles. The molecule has 2 atom stereocenters. The molecule has 0 spiro atoms. The maximum atomic E-state index is 6.09. The molecule has 2 fully saturated rings. The molecule has 0 amide bonds. The summed E-state index contributed by atoms with van der Waals surface area (Å²) in [7, 11) is 2.05. The first kappa shape index (κ1) is 17.3. The summed E-state index contributed by atoms with van der Waals surface area (Å²) in [4.78, 5) is 7.35. The van der Waals surface area contributed by atoms with Crippen LogP contribution >= 0.6 is 0 Å². The van der Waals surface area contributed by atoms with Crippen LogP contribution in [0.2, 0.25) is 0 Å². The molecule has 3 rings (SSSR count). The van der Waals surface area contributed by atoms with Gasteiger partial charge in [-0.05, 0) is 65.0 Å². The van der Waals surface area contributed by atoms with E-state index in [0.29, 0.717) is 17.9 Å². The quantitative estimate of drug-likeness (QED) is 0.654. The summed E-state index contributed by atoms with van der Waals surface area (Å²) in [5.74, 6) is 1.05. The van der Waals surface area contributed by atoms with Crippen LogP contribution in [0.4, 0.5) is 0 Å². The van der Waals surface area contributed by atoms with Crippen molar-refractivity contribution in [2.24, 2.45) is 23.7 Å². The molecular weight excluding hydrogens is 300 g/mol. The largest absolute Gasteiger partial charge is 0.370 e. The summed E-state index contributed by atoms with van der Waals surface area (Å²) in [6, 6.07) is 3.32. The zero-order valence-corrected chi connectivity index (χ0v) is 15.5. The maximum absolute atomic E-state index is 6.09. The second kappa shape index (κ2) is 6.75. The van der Waals surface area contributed by atoms with Gasteiger partial charge in [-0.15, -0.1) is 0 Å². The summed E-state index contributed by atoms with van der Waals surface area (Å²) in [5.41, 5.74) is 7.34. The van der Waals surface area contributed by atoms with Gasteiger partial charge in [-0.2, -0.15) is 5.10 Å². The Kier molecular flexibility index (Phi) is 4.85. The number of aromatic nitrogens is 2. The van der Waals surface area contributed by atoms with Crippen molar-refractivity contribution >= 4 is 5.96 Å². The molecule has 2 heterocycles. The number of rotatable bonds is 4. The molecule has 1 aromatic heterocycles. The standard InChI is InChI=1S/C18H32N6/c1-18(2,3)22-17(19)20-12-13-6-5-11-24(14-7-8-14)16(13)15-9-10-21-23(15)4/h9-10,13-14,16H,5-8,11-12H2,1-4H3,(H3,19,20,22)/t13-,16+/m0/s1. The lowest BCUT2D eigenvalue weighted by Gasteiger charge is -2.41. The third-order valence-corrected chi connectivity index (χ3v) is 4.97.